The quantitative estimate of drug-likeness (QED) is 0.309. The Bertz CT molecular complexity index is 1590. The summed E-state index contributed by atoms with van der Waals surface area (Å²) in [4.78, 5) is 0. The van der Waals surface area contributed by atoms with E-state index in [1.807, 2.05) is 48.5 Å². The number of hydrogen-bond donors (Lipinski definition) is 0. The second-order valence-electron chi connectivity index (χ2n) is 7.27. The normalized spacial score (nSPS) is 11.3. The lowest BCUT2D eigenvalue weighted by molar-refractivity contribution is 0.668. The molecule has 0 saturated heterocycles. The zero-order valence-corrected chi connectivity index (χ0v) is 15.6. The molecule has 0 spiro atoms. The SMILES string of the molecule is N#Cc1ccc2oc3ccc(-c4ccc5oc6ccc(C#N)cc6c5c4)cc3c2c1. The van der Waals surface area contributed by atoms with Crippen molar-refractivity contribution in [2.24, 2.45) is 0 Å². The predicted molar refractivity (Wildman–Crippen MR) is 116 cm³/mol. The lowest BCUT2D eigenvalue weighted by Gasteiger charge is -2.02. The highest BCUT2D eigenvalue weighted by Gasteiger charge is 2.12. The second-order valence-corrected chi connectivity index (χ2v) is 7.27. The molecule has 0 amide bonds. The Morgan fingerprint density at radius 3 is 1.23 bits per heavy atom. The highest BCUT2D eigenvalue weighted by atomic mass is 16.3. The Labute approximate surface area is 170 Å². The third-order valence-electron chi connectivity index (χ3n) is 5.53. The van der Waals surface area contributed by atoms with E-state index in [1.54, 1.807) is 12.1 Å². The van der Waals surface area contributed by atoms with Crippen LogP contribution in [-0.2, 0) is 0 Å². The van der Waals surface area contributed by atoms with Crippen LogP contribution in [0.25, 0.3) is 55.0 Å². The first kappa shape index (κ1) is 16.4. The van der Waals surface area contributed by atoms with E-state index in [0.29, 0.717) is 11.1 Å². The van der Waals surface area contributed by atoms with E-state index in [0.717, 1.165) is 55.0 Å². The molecule has 0 unspecified atom stereocenters. The van der Waals surface area contributed by atoms with Crippen LogP contribution in [0, 0.1) is 22.7 Å². The summed E-state index contributed by atoms with van der Waals surface area (Å²) in [5, 5.41) is 22.3. The van der Waals surface area contributed by atoms with E-state index in [9.17, 15) is 10.5 Å². The van der Waals surface area contributed by atoms with Gasteiger partial charge in [-0.2, -0.15) is 10.5 Å². The average molecular weight is 384 g/mol. The maximum Gasteiger partial charge on any atom is 0.135 e. The summed E-state index contributed by atoms with van der Waals surface area (Å²) in [7, 11) is 0. The van der Waals surface area contributed by atoms with Crippen LogP contribution in [0.2, 0.25) is 0 Å². The first-order valence-electron chi connectivity index (χ1n) is 9.47. The van der Waals surface area contributed by atoms with E-state index in [-0.39, 0.29) is 0 Å². The van der Waals surface area contributed by atoms with E-state index >= 15 is 0 Å². The van der Waals surface area contributed by atoms with Crippen LogP contribution in [0.5, 0.6) is 0 Å². The lowest BCUT2D eigenvalue weighted by atomic mass is 10.00. The summed E-state index contributed by atoms with van der Waals surface area (Å²) in [5.41, 5.74) is 6.41. The van der Waals surface area contributed by atoms with Crippen molar-refractivity contribution in [2.45, 2.75) is 0 Å². The minimum Gasteiger partial charge on any atom is -0.456 e. The Morgan fingerprint density at radius 2 is 0.833 bits per heavy atom. The van der Waals surface area contributed by atoms with Gasteiger partial charge in [0, 0.05) is 21.5 Å². The predicted octanol–water partition coefficient (Wildman–Crippen LogP) is 6.90. The molecule has 6 rings (SSSR count). The summed E-state index contributed by atoms with van der Waals surface area (Å²) in [6.45, 7) is 0. The Morgan fingerprint density at radius 1 is 0.467 bits per heavy atom. The van der Waals surface area contributed by atoms with E-state index in [1.165, 1.54) is 0 Å². The molecular formula is C26H12N2O2. The van der Waals surface area contributed by atoms with Crippen molar-refractivity contribution >= 4 is 43.9 Å². The Balaban J connectivity index is 1.58. The number of rotatable bonds is 1. The largest absolute Gasteiger partial charge is 0.456 e. The minimum absolute atomic E-state index is 0.607. The van der Waals surface area contributed by atoms with Gasteiger partial charge in [-0.15, -0.1) is 0 Å². The molecule has 0 saturated carbocycles. The van der Waals surface area contributed by atoms with Crippen LogP contribution < -0.4 is 0 Å². The van der Waals surface area contributed by atoms with Gasteiger partial charge in [-0.3, -0.25) is 0 Å². The zero-order valence-electron chi connectivity index (χ0n) is 15.6. The van der Waals surface area contributed by atoms with Crippen molar-refractivity contribution in [3.63, 3.8) is 0 Å². The molecule has 0 aliphatic rings. The Kier molecular flexibility index (Phi) is 3.27. The van der Waals surface area contributed by atoms with Crippen LogP contribution in [0.3, 0.4) is 0 Å². The van der Waals surface area contributed by atoms with Gasteiger partial charge in [0.1, 0.15) is 22.3 Å². The number of furan rings is 2. The van der Waals surface area contributed by atoms with Gasteiger partial charge in [0.15, 0.2) is 0 Å². The molecule has 138 valence electrons. The van der Waals surface area contributed by atoms with Gasteiger partial charge in [0.05, 0.1) is 23.3 Å². The monoisotopic (exact) mass is 384 g/mol. The molecule has 0 atom stereocenters. The van der Waals surface area contributed by atoms with Gasteiger partial charge >= 0.3 is 0 Å². The van der Waals surface area contributed by atoms with Gasteiger partial charge < -0.3 is 8.83 Å². The first-order chi connectivity index (χ1) is 14.7. The molecule has 4 aromatic carbocycles. The van der Waals surface area contributed by atoms with Gasteiger partial charge in [-0.25, -0.2) is 0 Å². The van der Waals surface area contributed by atoms with E-state index in [4.69, 9.17) is 8.83 Å². The molecule has 6 aromatic rings. The molecule has 4 nitrogen and oxygen atoms in total. The third-order valence-corrected chi connectivity index (χ3v) is 5.53. The summed E-state index contributed by atoms with van der Waals surface area (Å²) in [5.74, 6) is 0. The molecule has 2 aromatic heterocycles. The molecule has 2 heterocycles. The molecule has 0 aliphatic carbocycles. The smallest absolute Gasteiger partial charge is 0.135 e. The molecular weight excluding hydrogens is 372 g/mol. The minimum atomic E-state index is 0.607. The van der Waals surface area contributed by atoms with Crippen molar-refractivity contribution in [3.8, 4) is 23.3 Å². The molecule has 0 radical (unpaired) electrons. The number of hydrogen-bond acceptors (Lipinski definition) is 4. The highest BCUT2D eigenvalue weighted by molar-refractivity contribution is 6.09. The van der Waals surface area contributed by atoms with Crippen LogP contribution in [0.15, 0.2) is 81.6 Å². The maximum atomic E-state index is 9.23. The van der Waals surface area contributed by atoms with Crippen LogP contribution >= 0.6 is 0 Å². The van der Waals surface area contributed by atoms with Gasteiger partial charge in [0.25, 0.3) is 0 Å². The van der Waals surface area contributed by atoms with E-state index in [2.05, 4.69) is 24.3 Å². The lowest BCUT2D eigenvalue weighted by Crippen LogP contribution is -1.79. The standard InChI is InChI=1S/C26H12N2O2/c27-13-15-1-5-23-19(9-15)21-11-17(3-7-25(21)29-23)18-4-8-26-22(12-18)20-10-16(14-28)2-6-24(20)30-26/h1-12H. The van der Waals surface area contributed by atoms with Crippen molar-refractivity contribution in [2.75, 3.05) is 0 Å². The molecule has 30 heavy (non-hydrogen) atoms. The maximum absolute atomic E-state index is 9.23. The fraction of sp³-hybridized carbons (Fsp3) is 0. The van der Waals surface area contributed by atoms with Crippen LogP contribution in [-0.4, -0.2) is 0 Å². The number of fused-ring (bicyclic) bond motifs is 6. The number of nitrogens with zero attached hydrogens (tertiary/aromatic N) is 2. The third kappa shape index (κ3) is 2.32. The van der Waals surface area contributed by atoms with Crippen molar-refractivity contribution < 1.29 is 8.83 Å². The number of benzene rings is 4. The van der Waals surface area contributed by atoms with Gasteiger partial charge in [-0.05, 0) is 71.8 Å². The topological polar surface area (TPSA) is 73.9 Å². The van der Waals surface area contributed by atoms with Gasteiger partial charge in [0.2, 0.25) is 0 Å². The highest BCUT2D eigenvalue weighted by Crippen LogP contribution is 2.36. The molecule has 0 aliphatic heterocycles. The second kappa shape index (κ2) is 5.98. The molecule has 4 heteroatoms. The molecule has 0 N–H and O–H groups in total. The van der Waals surface area contributed by atoms with Crippen molar-refractivity contribution in [1.29, 1.82) is 10.5 Å². The summed E-state index contributed by atoms with van der Waals surface area (Å²) in [6.07, 6.45) is 0. The van der Waals surface area contributed by atoms with E-state index < -0.39 is 0 Å². The summed E-state index contributed by atoms with van der Waals surface area (Å²) >= 11 is 0. The molecule has 0 fully saturated rings. The Hall–Kier alpha value is -4.54. The molecule has 0 bridgehead atoms. The first-order valence-corrected chi connectivity index (χ1v) is 9.47. The fourth-order valence-electron chi connectivity index (χ4n) is 4.05. The van der Waals surface area contributed by atoms with Crippen LogP contribution in [0.1, 0.15) is 11.1 Å². The van der Waals surface area contributed by atoms with Gasteiger partial charge in [-0.1, -0.05) is 12.1 Å². The zero-order chi connectivity index (χ0) is 20.2. The summed E-state index contributed by atoms with van der Waals surface area (Å²) in [6, 6.07) is 27.5. The fourth-order valence-corrected chi connectivity index (χ4v) is 4.05. The average Bonchev–Trinajstić information content (AvgIpc) is 3.35. The van der Waals surface area contributed by atoms with Crippen LogP contribution in [0.4, 0.5) is 0 Å². The summed E-state index contributed by atoms with van der Waals surface area (Å²) < 4.78 is 11.9. The number of nitriles is 2. The van der Waals surface area contributed by atoms with Crippen molar-refractivity contribution in [3.05, 3.63) is 83.9 Å². The van der Waals surface area contributed by atoms with Crippen molar-refractivity contribution in [1.82, 2.24) is 0 Å².